The third kappa shape index (κ3) is 3.15. The van der Waals surface area contributed by atoms with Crippen LogP contribution in [0.3, 0.4) is 0 Å². The molecule has 26 heavy (non-hydrogen) atoms. The van der Waals surface area contributed by atoms with Crippen molar-refractivity contribution in [2.24, 2.45) is 0 Å². The summed E-state index contributed by atoms with van der Waals surface area (Å²) >= 11 is 0.852. The highest BCUT2D eigenvalue weighted by atomic mass is 32.1. The standard InChI is InChI=1S/C16H6F6N2OS/c17-7-3-1-6(2-4-7)8-5-26-16(23-8)24-15(25)9-10(18)12(20)14(22)13(21)11(9)19/h1-5H,(H,23,24,25). The third-order valence-corrected chi connectivity index (χ3v) is 4.06. The van der Waals surface area contributed by atoms with E-state index in [1.807, 2.05) is 5.32 Å². The minimum atomic E-state index is -2.36. The summed E-state index contributed by atoms with van der Waals surface area (Å²) in [7, 11) is 0. The van der Waals surface area contributed by atoms with E-state index in [2.05, 4.69) is 4.98 Å². The fourth-order valence-corrected chi connectivity index (χ4v) is 2.76. The Morgan fingerprint density at radius 3 is 1.96 bits per heavy atom. The van der Waals surface area contributed by atoms with Gasteiger partial charge in [0.05, 0.1) is 5.69 Å². The van der Waals surface area contributed by atoms with Crippen LogP contribution in [0.2, 0.25) is 0 Å². The van der Waals surface area contributed by atoms with Gasteiger partial charge in [0.15, 0.2) is 28.4 Å². The van der Waals surface area contributed by atoms with E-state index in [9.17, 15) is 31.1 Å². The quantitative estimate of drug-likeness (QED) is 0.394. The van der Waals surface area contributed by atoms with E-state index < -0.39 is 46.4 Å². The molecule has 10 heteroatoms. The molecular weight excluding hydrogens is 382 g/mol. The predicted octanol–water partition coefficient (Wildman–Crippen LogP) is 4.90. The molecule has 134 valence electrons. The summed E-state index contributed by atoms with van der Waals surface area (Å²) in [6, 6.07) is 5.20. The van der Waals surface area contributed by atoms with Gasteiger partial charge in [-0.05, 0) is 24.3 Å². The molecule has 1 amide bonds. The molecule has 0 aliphatic heterocycles. The lowest BCUT2D eigenvalue weighted by molar-refractivity contribution is 0.101. The fraction of sp³-hybridized carbons (Fsp3) is 0. The highest BCUT2D eigenvalue weighted by Gasteiger charge is 2.30. The van der Waals surface area contributed by atoms with Gasteiger partial charge in [0.2, 0.25) is 5.82 Å². The lowest BCUT2D eigenvalue weighted by Gasteiger charge is -2.07. The molecule has 3 rings (SSSR count). The number of carbonyl (C=O) groups is 1. The van der Waals surface area contributed by atoms with Gasteiger partial charge in [-0.3, -0.25) is 10.1 Å². The maximum Gasteiger partial charge on any atom is 0.263 e. The van der Waals surface area contributed by atoms with Crippen molar-refractivity contribution < 1.29 is 31.1 Å². The zero-order valence-electron chi connectivity index (χ0n) is 12.4. The molecule has 0 radical (unpaired) electrons. The molecular formula is C16H6F6N2OS. The second-order valence-corrected chi connectivity index (χ2v) is 5.80. The molecule has 3 nitrogen and oxygen atoms in total. The molecule has 1 N–H and O–H groups in total. The van der Waals surface area contributed by atoms with Crippen molar-refractivity contribution in [1.82, 2.24) is 4.98 Å². The molecule has 0 unspecified atom stereocenters. The first-order valence-electron chi connectivity index (χ1n) is 6.84. The smallest absolute Gasteiger partial charge is 0.263 e. The van der Waals surface area contributed by atoms with Crippen LogP contribution in [0.15, 0.2) is 29.6 Å². The minimum Gasteiger partial charge on any atom is -0.298 e. The third-order valence-electron chi connectivity index (χ3n) is 3.30. The van der Waals surface area contributed by atoms with Crippen molar-refractivity contribution in [3.63, 3.8) is 0 Å². The van der Waals surface area contributed by atoms with E-state index in [1.165, 1.54) is 29.6 Å². The molecule has 0 atom stereocenters. The molecule has 0 aliphatic rings. The number of hydrogen-bond acceptors (Lipinski definition) is 3. The lowest BCUT2D eigenvalue weighted by atomic mass is 10.1. The van der Waals surface area contributed by atoms with Crippen molar-refractivity contribution >= 4 is 22.4 Å². The highest BCUT2D eigenvalue weighted by Crippen LogP contribution is 2.27. The van der Waals surface area contributed by atoms with Gasteiger partial charge in [0.1, 0.15) is 11.4 Å². The van der Waals surface area contributed by atoms with E-state index in [-0.39, 0.29) is 5.13 Å². The number of nitrogens with zero attached hydrogens (tertiary/aromatic N) is 1. The predicted molar refractivity (Wildman–Crippen MR) is 81.7 cm³/mol. The van der Waals surface area contributed by atoms with Gasteiger partial charge in [-0.2, -0.15) is 0 Å². The average molecular weight is 388 g/mol. The van der Waals surface area contributed by atoms with Gasteiger partial charge < -0.3 is 0 Å². The molecule has 1 aromatic heterocycles. The summed E-state index contributed by atoms with van der Waals surface area (Å²) < 4.78 is 79.5. The Hall–Kier alpha value is -2.88. The number of nitrogens with one attached hydrogen (secondary N) is 1. The Bertz CT molecular complexity index is 974. The second kappa shape index (κ2) is 6.79. The van der Waals surface area contributed by atoms with Gasteiger partial charge in [-0.1, -0.05) is 0 Å². The Labute approximate surface area is 145 Å². The summed E-state index contributed by atoms with van der Waals surface area (Å²) in [5.41, 5.74) is -0.790. The molecule has 0 saturated heterocycles. The number of carbonyl (C=O) groups excluding carboxylic acids is 1. The average Bonchev–Trinajstić information content (AvgIpc) is 3.07. The first-order valence-corrected chi connectivity index (χ1v) is 7.71. The maximum atomic E-state index is 13.6. The van der Waals surface area contributed by atoms with Crippen LogP contribution in [0.25, 0.3) is 11.3 Å². The first kappa shape index (κ1) is 17.9. The van der Waals surface area contributed by atoms with Crippen molar-refractivity contribution in [3.8, 4) is 11.3 Å². The Kier molecular flexibility index (Phi) is 4.68. The van der Waals surface area contributed by atoms with Crippen LogP contribution in [0.5, 0.6) is 0 Å². The number of hydrogen-bond donors (Lipinski definition) is 1. The number of thiazole rings is 1. The molecule has 0 aliphatic carbocycles. The van der Waals surface area contributed by atoms with E-state index >= 15 is 0 Å². The number of rotatable bonds is 3. The zero-order valence-corrected chi connectivity index (χ0v) is 13.2. The lowest BCUT2D eigenvalue weighted by Crippen LogP contribution is -2.19. The Morgan fingerprint density at radius 2 is 1.38 bits per heavy atom. The van der Waals surface area contributed by atoms with Gasteiger partial charge >= 0.3 is 0 Å². The van der Waals surface area contributed by atoms with Crippen molar-refractivity contribution in [2.45, 2.75) is 0 Å². The van der Waals surface area contributed by atoms with Crippen LogP contribution in [0.4, 0.5) is 31.5 Å². The largest absolute Gasteiger partial charge is 0.298 e. The summed E-state index contributed by atoms with van der Waals surface area (Å²) in [5, 5.41) is 3.29. The first-order chi connectivity index (χ1) is 12.3. The van der Waals surface area contributed by atoms with E-state index in [0.717, 1.165) is 11.3 Å². The van der Waals surface area contributed by atoms with Crippen LogP contribution >= 0.6 is 11.3 Å². The van der Waals surface area contributed by atoms with Gasteiger partial charge in [0.25, 0.3) is 5.91 Å². The Morgan fingerprint density at radius 1 is 0.846 bits per heavy atom. The van der Waals surface area contributed by atoms with Crippen molar-refractivity contribution in [2.75, 3.05) is 5.32 Å². The summed E-state index contributed by atoms with van der Waals surface area (Å²) in [6.45, 7) is 0. The van der Waals surface area contributed by atoms with Gasteiger partial charge in [-0.25, -0.2) is 31.3 Å². The van der Waals surface area contributed by atoms with Crippen LogP contribution in [0.1, 0.15) is 10.4 Å². The SMILES string of the molecule is O=C(Nc1nc(-c2ccc(F)cc2)cs1)c1c(F)c(F)c(F)c(F)c1F. The molecule has 3 aromatic rings. The monoisotopic (exact) mass is 388 g/mol. The van der Waals surface area contributed by atoms with Gasteiger partial charge in [-0.15, -0.1) is 11.3 Å². The molecule has 2 aromatic carbocycles. The van der Waals surface area contributed by atoms with Crippen LogP contribution in [-0.2, 0) is 0 Å². The summed E-state index contributed by atoms with van der Waals surface area (Å²) in [5.74, 6) is -13.3. The molecule has 0 bridgehead atoms. The summed E-state index contributed by atoms with van der Waals surface area (Å²) in [4.78, 5) is 15.9. The maximum absolute atomic E-state index is 13.6. The van der Waals surface area contributed by atoms with Gasteiger partial charge in [0, 0.05) is 10.9 Å². The molecule has 0 spiro atoms. The van der Waals surface area contributed by atoms with Crippen LogP contribution in [0, 0.1) is 34.9 Å². The molecule has 0 saturated carbocycles. The molecule has 0 fully saturated rings. The van der Waals surface area contributed by atoms with Crippen LogP contribution in [-0.4, -0.2) is 10.9 Å². The van der Waals surface area contributed by atoms with Crippen molar-refractivity contribution in [3.05, 3.63) is 70.1 Å². The number of anilines is 1. The molecule has 1 heterocycles. The van der Waals surface area contributed by atoms with Crippen LogP contribution < -0.4 is 5.32 Å². The summed E-state index contributed by atoms with van der Waals surface area (Å²) in [6.07, 6.45) is 0. The highest BCUT2D eigenvalue weighted by molar-refractivity contribution is 7.14. The second-order valence-electron chi connectivity index (χ2n) is 4.94. The Balaban J connectivity index is 1.89. The zero-order chi connectivity index (χ0) is 19.0. The number of halogens is 6. The fourth-order valence-electron chi connectivity index (χ4n) is 2.05. The number of benzene rings is 2. The normalized spacial score (nSPS) is 10.8. The van der Waals surface area contributed by atoms with E-state index in [4.69, 9.17) is 0 Å². The van der Waals surface area contributed by atoms with Crippen molar-refractivity contribution in [1.29, 1.82) is 0 Å². The number of aromatic nitrogens is 1. The van der Waals surface area contributed by atoms with E-state index in [1.54, 1.807) is 0 Å². The number of amides is 1. The van der Waals surface area contributed by atoms with E-state index in [0.29, 0.717) is 11.3 Å². The minimum absolute atomic E-state index is 0.140. The topological polar surface area (TPSA) is 42.0 Å².